The first-order valence-corrected chi connectivity index (χ1v) is 4.62. The highest BCUT2D eigenvalue weighted by Gasteiger charge is 2.09. The van der Waals surface area contributed by atoms with E-state index in [1.54, 1.807) is 0 Å². The number of piperidine rings is 1. The van der Waals surface area contributed by atoms with Crippen LogP contribution >= 0.6 is 0 Å². The molecule has 1 fully saturated rings. The van der Waals surface area contributed by atoms with Crippen LogP contribution in [-0.2, 0) is 0 Å². The van der Waals surface area contributed by atoms with Gasteiger partial charge in [-0.05, 0) is 31.4 Å². The SMILES string of the molecule is c1cc(N2CCCCC2)ccn1. The van der Waals surface area contributed by atoms with Gasteiger partial charge in [-0.25, -0.2) is 0 Å². The zero-order chi connectivity index (χ0) is 8.23. The molecule has 0 spiro atoms. The summed E-state index contributed by atoms with van der Waals surface area (Å²) in [5.41, 5.74) is 1.32. The van der Waals surface area contributed by atoms with E-state index in [9.17, 15) is 0 Å². The molecule has 12 heavy (non-hydrogen) atoms. The van der Waals surface area contributed by atoms with E-state index in [1.165, 1.54) is 38.0 Å². The third-order valence-corrected chi connectivity index (χ3v) is 2.38. The van der Waals surface area contributed by atoms with E-state index >= 15 is 0 Å². The molecule has 64 valence electrons. The summed E-state index contributed by atoms with van der Waals surface area (Å²) < 4.78 is 0. The van der Waals surface area contributed by atoms with Crippen LogP contribution in [0.2, 0.25) is 0 Å². The van der Waals surface area contributed by atoms with Crippen LogP contribution in [0.3, 0.4) is 0 Å². The molecule has 2 heteroatoms. The van der Waals surface area contributed by atoms with Crippen molar-refractivity contribution in [1.29, 1.82) is 0 Å². The van der Waals surface area contributed by atoms with Gasteiger partial charge >= 0.3 is 0 Å². The van der Waals surface area contributed by atoms with Gasteiger partial charge in [-0.3, -0.25) is 4.98 Å². The average Bonchev–Trinajstić information content (AvgIpc) is 2.21. The molecule has 2 heterocycles. The quantitative estimate of drug-likeness (QED) is 0.628. The summed E-state index contributed by atoms with van der Waals surface area (Å²) in [6.45, 7) is 2.42. The summed E-state index contributed by atoms with van der Waals surface area (Å²) in [5, 5.41) is 0. The molecule has 2 nitrogen and oxygen atoms in total. The van der Waals surface area contributed by atoms with E-state index in [4.69, 9.17) is 0 Å². The van der Waals surface area contributed by atoms with Crippen LogP contribution in [0.4, 0.5) is 5.69 Å². The van der Waals surface area contributed by atoms with Crippen molar-refractivity contribution < 1.29 is 0 Å². The summed E-state index contributed by atoms with van der Waals surface area (Å²) in [7, 11) is 0. The van der Waals surface area contributed by atoms with Crippen LogP contribution in [0.25, 0.3) is 0 Å². The molecular weight excluding hydrogens is 148 g/mol. The number of aromatic nitrogens is 1. The van der Waals surface area contributed by atoms with Gasteiger partial charge in [0, 0.05) is 31.2 Å². The molecule has 1 aliphatic rings. The van der Waals surface area contributed by atoms with Gasteiger partial charge in [0.25, 0.3) is 0 Å². The highest BCUT2D eigenvalue weighted by Crippen LogP contribution is 2.17. The summed E-state index contributed by atoms with van der Waals surface area (Å²) >= 11 is 0. The maximum Gasteiger partial charge on any atom is 0.0397 e. The Balaban J connectivity index is 2.08. The van der Waals surface area contributed by atoms with Crippen molar-refractivity contribution in [2.45, 2.75) is 19.3 Å². The van der Waals surface area contributed by atoms with Gasteiger partial charge in [0.05, 0.1) is 0 Å². The molecule has 1 aliphatic heterocycles. The Morgan fingerprint density at radius 2 is 1.67 bits per heavy atom. The van der Waals surface area contributed by atoms with Crippen LogP contribution < -0.4 is 4.90 Å². The summed E-state index contributed by atoms with van der Waals surface area (Å²) in [6, 6.07) is 4.18. The molecule has 2 rings (SSSR count). The van der Waals surface area contributed by atoms with E-state index in [-0.39, 0.29) is 0 Å². The number of nitrogens with zero attached hydrogens (tertiary/aromatic N) is 2. The zero-order valence-corrected chi connectivity index (χ0v) is 7.24. The van der Waals surface area contributed by atoms with Gasteiger partial charge < -0.3 is 4.90 Å². The lowest BCUT2D eigenvalue weighted by Gasteiger charge is -2.28. The highest BCUT2D eigenvalue weighted by atomic mass is 15.1. The first kappa shape index (κ1) is 7.59. The Bertz CT molecular complexity index is 227. The minimum absolute atomic E-state index is 1.21. The third kappa shape index (κ3) is 1.58. The van der Waals surface area contributed by atoms with Crippen molar-refractivity contribution in [1.82, 2.24) is 4.98 Å². The second-order valence-electron chi connectivity index (χ2n) is 3.25. The number of hydrogen-bond acceptors (Lipinski definition) is 2. The molecule has 0 atom stereocenters. The number of hydrogen-bond donors (Lipinski definition) is 0. The molecule has 0 aromatic carbocycles. The average molecular weight is 162 g/mol. The lowest BCUT2D eigenvalue weighted by molar-refractivity contribution is 0.577. The molecule has 0 N–H and O–H groups in total. The number of pyridine rings is 1. The predicted octanol–water partition coefficient (Wildman–Crippen LogP) is 2.07. The van der Waals surface area contributed by atoms with Gasteiger partial charge in [-0.1, -0.05) is 0 Å². The largest absolute Gasteiger partial charge is 0.371 e. The third-order valence-electron chi connectivity index (χ3n) is 2.38. The van der Waals surface area contributed by atoms with E-state index in [1.807, 2.05) is 12.4 Å². The fraction of sp³-hybridized carbons (Fsp3) is 0.500. The maximum atomic E-state index is 4.01. The Morgan fingerprint density at radius 1 is 1.00 bits per heavy atom. The maximum absolute atomic E-state index is 4.01. The molecule has 0 aliphatic carbocycles. The van der Waals surface area contributed by atoms with Crippen molar-refractivity contribution in [3.8, 4) is 0 Å². The van der Waals surface area contributed by atoms with Crippen molar-refractivity contribution in [3.05, 3.63) is 24.5 Å². The summed E-state index contributed by atoms with van der Waals surface area (Å²) in [5.74, 6) is 0. The smallest absolute Gasteiger partial charge is 0.0397 e. The minimum Gasteiger partial charge on any atom is -0.371 e. The van der Waals surface area contributed by atoms with E-state index in [0.717, 1.165) is 0 Å². The first-order valence-electron chi connectivity index (χ1n) is 4.62. The fourth-order valence-corrected chi connectivity index (χ4v) is 1.71. The van der Waals surface area contributed by atoms with Crippen molar-refractivity contribution >= 4 is 5.69 Å². The topological polar surface area (TPSA) is 16.1 Å². The fourth-order valence-electron chi connectivity index (χ4n) is 1.71. The molecule has 0 amide bonds. The molecule has 0 unspecified atom stereocenters. The standard InChI is InChI=1S/C10H14N2/c1-2-8-12(9-3-1)10-4-6-11-7-5-10/h4-7H,1-3,8-9H2. The molecule has 0 saturated carbocycles. The van der Waals surface area contributed by atoms with Gasteiger partial charge in [-0.15, -0.1) is 0 Å². The second kappa shape index (κ2) is 3.57. The minimum atomic E-state index is 1.21. The van der Waals surface area contributed by atoms with Crippen molar-refractivity contribution in [2.75, 3.05) is 18.0 Å². The van der Waals surface area contributed by atoms with Crippen LogP contribution in [-0.4, -0.2) is 18.1 Å². The lowest BCUT2D eigenvalue weighted by Crippen LogP contribution is -2.29. The van der Waals surface area contributed by atoms with Crippen LogP contribution in [0.15, 0.2) is 24.5 Å². The Morgan fingerprint density at radius 3 is 2.33 bits per heavy atom. The monoisotopic (exact) mass is 162 g/mol. The second-order valence-corrected chi connectivity index (χ2v) is 3.25. The highest BCUT2D eigenvalue weighted by molar-refractivity contribution is 5.44. The van der Waals surface area contributed by atoms with Gasteiger partial charge in [0.2, 0.25) is 0 Å². The summed E-state index contributed by atoms with van der Waals surface area (Å²) in [6.07, 6.45) is 7.79. The summed E-state index contributed by atoms with van der Waals surface area (Å²) in [4.78, 5) is 6.45. The van der Waals surface area contributed by atoms with Gasteiger partial charge in [0.15, 0.2) is 0 Å². The van der Waals surface area contributed by atoms with Gasteiger partial charge in [0.1, 0.15) is 0 Å². The number of rotatable bonds is 1. The van der Waals surface area contributed by atoms with E-state index in [0.29, 0.717) is 0 Å². The normalized spacial score (nSPS) is 17.8. The van der Waals surface area contributed by atoms with Crippen molar-refractivity contribution in [2.24, 2.45) is 0 Å². The molecule has 0 bridgehead atoms. The predicted molar refractivity (Wildman–Crippen MR) is 50.3 cm³/mol. The van der Waals surface area contributed by atoms with Crippen LogP contribution in [0.5, 0.6) is 0 Å². The van der Waals surface area contributed by atoms with Crippen molar-refractivity contribution in [3.63, 3.8) is 0 Å². The molecule has 1 saturated heterocycles. The Labute approximate surface area is 73.2 Å². The van der Waals surface area contributed by atoms with Crippen LogP contribution in [0, 0.1) is 0 Å². The lowest BCUT2D eigenvalue weighted by atomic mass is 10.1. The van der Waals surface area contributed by atoms with Gasteiger partial charge in [-0.2, -0.15) is 0 Å². The zero-order valence-electron chi connectivity index (χ0n) is 7.24. The molecular formula is C10H14N2. The Kier molecular flexibility index (Phi) is 2.26. The molecule has 0 radical (unpaired) electrons. The van der Waals surface area contributed by atoms with E-state index < -0.39 is 0 Å². The van der Waals surface area contributed by atoms with E-state index in [2.05, 4.69) is 22.0 Å². The first-order chi connectivity index (χ1) is 5.97. The number of anilines is 1. The van der Waals surface area contributed by atoms with Crippen LogP contribution in [0.1, 0.15) is 19.3 Å². The molecule has 1 aromatic rings. The molecule has 1 aromatic heterocycles. The Hall–Kier alpha value is -1.05.